The number of carbonyl (C=O) groups excluding carboxylic acids is 1. The Morgan fingerprint density at radius 3 is 2.58 bits per heavy atom. The van der Waals surface area contributed by atoms with E-state index in [9.17, 15) is 4.79 Å². The van der Waals surface area contributed by atoms with Crippen LogP contribution in [-0.4, -0.2) is 24.5 Å². The molecule has 0 aliphatic heterocycles. The van der Waals surface area contributed by atoms with Crippen molar-refractivity contribution in [1.82, 2.24) is 10.3 Å². The van der Waals surface area contributed by atoms with Crippen molar-refractivity contribution in [1.29, 1.82) is 0 Å². The van der Waals surface area contributed by atoms with E-state index < -0.39 is 0 Å². The van der Waals surface area contributed by atoms with E-state index in [0.717, 1.165) is 12.8 Å². The van der Waals surface area contributed by atoms with Crippen LogP contribution in [0.15, 0.2) is 48.7 Å². The van der Waals surface area contributed by atoms with E-state index in [-0.39, 0.29) is 11.3 Å². The van der Waals surface area contributed by atoms with Crippen molar-refractivity contribution < 1.29 is 9.53 Å². The third-order valence-electron chi connectivity index (χ3n) is 4.99. The fourth-order valence-electron chi connectivity index (χ4n) is 3.66. The summed E-state index contributed by atoms with van der Waals surface area (Å²) in [7, 11) is 1.53. The molecule has 1 N–H and O–H groups in total. The second-order valence-electron chi connectivity index (χ2n) is 6.45. The Labute approximate surface area is 143 Å². The number of carbonyl (C=O) groups is 1. The van der Waals surface area contributed by atoms with Crippen molar-refractivity contribution in [2.45, 2.75) is 37.5 Å². The highest BCUT2D eigenvalue weighted by molar-refractivity contribution is 5.96. The lowest BCUT2D eigenvalue weighted by Gasteiger charge is -2.38. The zero-order valence-corrected chi connectivity index (χ0v) is 14.1. The average Bonchev–Trinajstić information content (AvgIpc) is 2.67. The van der Waals surface area contributed by atoms with E-state index in [1.165, 1.54) is 31.9 Å². The molecule has 4 heteroatoms. The van der Waals surface area contributed by atoms with E-state index in [2.05, 4.69) is 34.6 Å². The zero-order valence-electron chi connectivity index (χ0n) is 14.1. The Balaban J connectivity index is 1.78. The third kappa shape index (κ3) is 3.42. The maximum absolute atomic E-state index is 12.6. The SMILES string of the molecule is COc1ncccc1C(=O)NCC1(c2ccccc2)CCCCC1. The third-order valence-corrected chi connectivity index (χ3v) is 4.99. The number of hydrogen-bond acceptors (Lipinski definition) is 3. The van der Waals surface area contributed by atoms with Crippen molar-refractivity contribution in [2.75, 3.05) is 13.7 Å². The molecule has 1 aromatic carbocycles. The number of hydrogen-bond donors (Lipinski definition) is 1. The summed E-state index contributed by atoms with van der Waals surface area (Å²) in [6.45, 7) is 0.647. The lowest BCUT2D eigenvalue weighted by molar-refractivity contribution is 0.0933. The summed E-state index contributed by atoms with van der Waals surface area (Å²) in [6.07, 6.45) is 7.55. The first kappa shape index (κ1) is 16.5. The van der Waals surface area contributed by atoms with Crippen LogP contribution in [0, 0.1) is 0 Å². The summed E-state index contributed by atoms with van der Waals surface area (Å²) in [4.78, 5) is 16.7. The summed E-state index contributed by atoms with van der Waals surface area (Å²) in [6, 6.07) is 14.1. The monoisotopic (exact) mass is 324 g/mol. The molecule has 1 heterocycles. The van der Waals surface area contributed by atoms with Gasteiger partial charge < -0.3 is 10.1 Å². The van der Waals surface area contributed by atoms with Crippen molar-refractivity contribution in [3.05, 3.63) is 59.8 Å². The first-order valence-corrected chi connectivity index (χ1v) is 8.58. The van der Waals surface area contributed by atoms with Crippen molar-refractivity contribution in [3.8, 4) is 5.88 Å². The van der Waals surface area contributed by atoms with E-state index in [1.807, 2.05) is 6.07 Å². The fraction of sp³-hybridized carbons (Fsp3) is 0.400. The lowest BCUT2D eigenvalue weighted by Crippen LogP contribution is -2.42. The summed E-state index contributed by atoms with van der Waals surface area (Å²) < 4.78 is 5.20. The molecule has 1 aliphatic carbocycles. The van der Waals surface area contributed by atoms with Gasteiger partial charge in [-0.05, 0) is 30.5 Å². The molecule has 126 valence electrons. The molecule has 4 nitrogen and oxygen atoms in total. The first-order valence-electron chi connectivity index (χ1n) is 8.58. The lowest BCUT2D eigenvalue weighted by atomic mass is 9.69. The average molecular weight is 324 g/mol. The molecule has 0 bridgehead atoms. The predicted molar refractivity (Wildman–Crippen MR) is 94.3 cm³/mol. The highest BCUT2D eigenvalue weighted by Gasteiger charge is 2.34. The normalized spacial score (nSPS) is 16.4. The Kier molecular flexibility index (Phi) is 5.14. The van der Waals surface area contributed by atoms with Crippen LogP contribution in [0.25, 0.3) is 0 Å². The minimum Gasteiger partial charge on any atom is -0.480 e. The smallest absolute Gasteiger partial charge is 0.256 e. The van der Waals surface area contributed by atoms with Crippen molar-refractivity contribution >= 4 is 5.91 Å². The summed E-state index contributed by atoms with van der Waals surface area (Å²) in [5.74, 6) is 0.244. The van der Waals surface area contributed by atoms with Gasteiger partial charge in [0.05, 0.1) is 7.11 Å². The second-order valence-corrected chi connectivity index (χ2v) is 6.45. The molecule has 1 amide bonds. The minimum absolute atomic E-state index is 0.0324. The quantitative estimate of drug-likeness (QED) is 0.912. The van der Waals surface area contributed by atoms with Crippen molar-refractivity contribution in [3.63, 3.8) is 0 Å². The van der Waals surface area contributed by atoms with Gasteiger partial charge in [-0.3, -0.25) is 4.79 Å². The fourth-order valence-corrected chi connectivity index (χ4v) is 3.66. The zero-order chi connectivity index (χ0) is 16.8. The van der Waals surface area contributed by atoms with Crippen LogP contribution in [0.4, 0.5) is 0 Å². The van der Waals surface area contributed by atoms with Gasteiger partial charge in [0.2, 0.25) is 5.88 Å². The van der Waals surface area contributed by atoms with E-state index >= 15 is 0 Å². The molecule has 1 aromatic heterocycles. The Morgan fingerprint density at radius 1 is 1.12 bits per heavy atom. The second kappa shape index (κ2) is 7.47. The highest BCUT2D eigenvalue weighted by atomic mass is 16.5. The van der Waals surface area contributed by atoms with Crippen LogP contribution >= 0.6 is 0 Å². The number of benzene rings is 1. The van der Waals surface area contributed by atoms with E-state index in [0.29, 0.717) is 18.0 Å². The maximum atomic E-state index is 12.6. The van der Waals surface area contributed by atoms with Gasteiger partial charge in [-0.2, -0.15) is 0 Å². The van der Waals surface area contributed by atoms with Gasteiger partial charge in [0, 0.05) is 18.2 Å². The number of methoxy groups -OCH3 is 1. The summed E-state index contributed by atoms with van der Waals surface area (Å²) >= 11 is 0. The molecule has 2 aromatic rings. The predicted octanol–water partition coefficient (Wildman–Crippen LogP) is 3.72. The van der Waals surface area contributed by atoms with Crippen LogP contribution in [0.1, 0.15) is 48.0 Å². The maximum Gasteiger partial charge on any atom is 0.256 e. The molecule has 1 saturated carbocycles. The van der Waals surface area contributed by atoms with Gasteiger partial charge in [-0.15, -0.1) is 0 Å². The van der Waals surface area contributed by atoms with Crippen LogP contribution < -0.4 is 10.1 Å². The Morgan fingerprint density at radius 2 is 1.88 bits per heavy atom. The van der Waals surface area contributed by atoms with Crippen LogP contribution in [0.2, 0.25) is 0 Å². The summed E-state index contributed by atoms with van der Waals surface area (Å²) in [5.41, 5.74) is 1.84. The number of pyridine rings is 1. The molecule has 3 rings (SSSR count). The van der Waals surface area contributed by atoms with Gasteiger partial charge in [0.15, 0.2) is 0 Å². The van der Waals surface area contributed by atoms with Gasteiger partial charge in [-0.1, -0.05) is 49.6 Å². The van der Waals surface area contributed by atoms with E-state index in [4.69, 9.17) is 4.74 Å². The molecule has 0 radical (unpaired) electrons. The first-order chi connectivity index (χ1) is 11.7. The Hall–Kier alpha value is -2.36. The van der Waals surface area contributed by atoms with Crippen LogP contribution in [0.3, 0.4) is 0 Å². The number of nitrogens with zero attached hydrogens (tertiary/aromatic N) is 1. The molecule has 24 heavy (non-hydrogen) atoms. The van der Waals surface area contributed by atoms with Crippen LogP contribution in [0.5, 0.6) is 5.88 Å². The number of amides is 1. The molecular formula is C20H24N2O2. The molecule has 0 spiro atoms. The summed E-state index contributed by atoms with van der Waals surface area (Å²) in [5, 5.41) is 3.12. The minimum atomic E-state index is -0.124. The molecule has 1 fully saturated rings. The van der Waals surface area contributed by atoms with E-state index in [1.54, 1.807) is 18.3 Å². The molecule has 0 atom stereocenters. The van der Waals surface area contributed by atoms with Crippen LogP contribution in [-0.2, 0) is 5.41 Å². The highest BCUT2D eigenvalue weighted by Crippen LogP contribution is 2.39. The topological polar surface area (TPSA) is 51.2 Å². The number of nitrogens with one attached hydrogen (secondary N) is 1. The van der Waals surface area contributed by atoms with Gasteiger partial charge in [-0.25, -0.2) is 4.98 Å². The number of aromatic nitrogens is 1. The molecule has 1 aliphatic rings. The Bertz CT molecular complexity index is 679. The van der Waals surface area contributed by atoms with Gasteiger partial charge in [0.1, 0.15) is 5.56 Å². The molecule has 0 unspecified atom stereocenters. The molecule has 0 saturated heterocycles. The van der Waals surface area contributed by atoms with Gasteiger partial charge in [0.25, 0.3) is 5.91 Å². The largest absolute Gasteiger partial charge is 0.480 e. The standard InChI is InChI=1S/C20H24N2O2/c1-24-19-17(11-8-14-21-19)18(23)22-15-20(12-6-3-7-13-20)16-9-4-2-5-10-16/h2,4-5,8-11,14H,3,6-7,12-13,15H2,1H3,(H,22,23). The number of ether oxygens (including phenoxy) is 1. The van der Waals surface area contributed by atoms with Crippen molar-refractivity contribution in [2.24, 2.45) is 0 Å². The van der Waals surface area contributed by atoms with Gasteiger partial charge >= 0.3 is 0 Å². The number of rotatable bonds is 5. The molecular weight excluding hydrogens is 300 g/mol.